The Labute approximate surface area is 124 Å². The smallest absolute Gasteiger partial charge is 0.227 e. The Hall–Kier alpha value is -1.87. The van der Waals surface area contributed by atoms with Crippen molar-refractivity contribution in [2.24, 2.45) is 5.92 Å². The summed E-state index contributed by atoms with van der Waals surface area (Å²) in [6.45, 7) is 1.04. The molecule has 3 nitrogen and oxygen atoms in total. The number of carbonyl (C=O) groups is 1. The van der Waals surface area contributed by atoms with E-state index in [0.717, 1.165) is 18.4 Å². The zero-order valence-corrected chi connectivity index (χ0v) is 12.0. The molecule has 108 valence electrons. The van der Waals surface area contributed by atoms with E-state index in [1.807, 2.05) is 18.2 Å². The molecule has 2 aromatic carbocycles. The van der Waals surface area contributed by atoms with Crippen LogP contribution in [0.5, 0.6) is 0 Å². The number of hydrogen-bond acceptors (Lipinski definition) is 2. The highest BCUT2D eigenvalue weighted by atomic mass is 16.3. The summed E-state index contributed by atoms with van der Waals surface area (Å²) in [6.07, 6.45) is 2.65. The van der Waals surface area contributed by atoms with Crippen LogP contribution in [0.15, 0.2) is 42.5 Å². The Morgan fingerprint density at radius 1 is 1.14 bits per heavy atom. The zero-order chi connectivity index (χ0) is 14.4. The SMILES string of the molecule is O=C(Cc1ccc2ccccc2c1)N1CC(O)(C2CC2)C1. The van der Waals surface area contributed by atoms with Gasteiger partial charge in [0, 0.05) is 0 Å². The van der Waals surface area contributed by atoms with E-state index >= 15 is 0 Å². The first-order valence-corrected chi connectivity index (χ1v) is 7.62. The second kappa shape index (κ2) is 4.57. The van der Waals surface area contributed by atoms with Crippen LogP contribution in [0.2, 0.25) is 0 Å². The third kappa shape index (κ3) is 2.32. The lowest BCUT2D eigenvalue weighted by Gasteiger charge is -2.47. The van der Waals surface area contributed by atoms with Gasteiger partial charge in [0.2, 0.25) is 5.91 Å². The molecule has 0 unspecified atom stereocenters. The molecule has 2 fully saturated rings. The summed E-state index contributed by atoms with van der Waals surface area (Å²) in [4.78, 5) is 14.1. The summed E-state index contributed by atoms with van der Waals surface area (Å²) < 4.78 is 0. The molecule has 0 bridgehead atoms. The minimum Gasteiger partial charge on any atom is -0.386 e. The van der Waals surface area contributed by atoms with Gasteiger partial charge >= 0.3 is 0 Å². The van der Waals surface area contributed by atoms with Gasteiger partial charge in [-0.05, 0) is 35.1 Å². The molecule has 1 saturated carbocycles. The minimum atomic E-state index is -0.584. The normalized spacial score (nSPS) is 20.3. The van der Waals surface area contributed by atoms with Crippen molar-refractivity contribution in [3.05, 3.63) is 48.0 Å². The molecule has 0 spiro atoms. The summed E-state index contributed by atoms with van der Waals surface area (Å²) in [7, 11) is 0. The predicted octanol–water partition coefficient (Wildman–Crippen LogP) is 2.37. The van der Waals surface area contributed by atoms with Gasteiger partial charge in [-0.2, -0.15) is 0 Å². The number of aliphatic hydroxyl groups is 1. The van der Waals surface area contributed by atoms with E-state index < -0.39 is 5.60 Å². The van der Waals surface area contributed by atoms with E-state index in [9.17, 15) is 9.90 Å². The van der Waals surface area contributed by atoms with Crippen molar-refractivity contribution >= 4 is 16.7 Å². The highest BCUT2D eigenvalue weighted by Gasteiger charge is 2.53. The van der Waals surface area contributed by atoms with Crippen LogP contribution in [0.1, 0.15) is 18.4 Å². The lowest BCUT2D eigenvalue weighted by Crippen LogP contribution is -2.65. The highest BCUT2D eigenvalue weighted by Crippen LogP contribution is 2.44. The van der Waals surface area contributed by atoms with Crippen molar-refractivity contribution < 1.29 is 9.90 Å². The molecule has 21 heavy (non-hydrogen) atoms. The maximum absolute atomic E-state index is 12.3. The summed E-state index contributed by atoms with van der Waals surface area (Å²) in [5, 5.41) is 12.6. The van der Waals surface area contributed by atoms with E-state index in [1.165, 1.54) is 10.8 Å². The summed E-state index contributed by atoms with van der Waals surface area (Å²) in [5.74, 6) is 0.554. The van der Waals surface area contributed by atoms with E-state index in [2.05, 4.69) is 24.3 Å². The van der Waals surface area contributed by atoms with Gasteiger partial charge in [-0.3, -0.25) is 4.79 Å². The van der Waals surface area contributed by atoms with Gasteiger partial charge in [-0.1, -0.05) is 42.5 Å². The van der Waals surface area contributed by atoms with Crippen LogP contribution in [0.4, 0.5) is 0 Å². The van der Waals surface area contributed by atoms with Crippen molar-refractivity contribution in [2.75, 3.05) is 13.1 Å². The monoisotopic (exact) mass is 281 g/mol. The Morgan fingerprint density at radius 2 is 1.86 bits per heavy atom. The van der Waals surface area contributed by atoms with Gasteiger partial charge in [-0.15, -0.1) is 0 Å². The molecule has 2 aliphatic rings. The molecule has 4 rings (SSSR count). The quantitative estimate of drug-likeness (QED) is 0.938. The number of carbonyl (C=O) groups excluding carboxylic acids is 1. The number of rotatable bonds is 3. The van der Waals surface area contributed by atoms with Crippen molar-refractivity contribution in [3.63, 3.8) is 0 Å². The van der Waals surface area contributed by atoms with Gasteiger partial charge in [0.25, 0.3) is 0 Å². The third-order valence-electron chi connectivity index (χ3n) is 4.79. The maximum atomic E-state index is 12.3. The predicted molar refractivity (Wildman–Crippen MR) is 81.9 cm³/mol. The van der Waals surface area contributed by atoms with Crippen molar-refractivity contribution in [2.45, 2.75) is 24.9 Å². The number of fused-ring (bicyclic) bond motifs is 1. The molecular formula is C18H19NO2. The van der Waals surface area contributed by atoms with Crippen LogP contribution >= 0.6 is 0 Å². The second-order valence-corrected chi connectivity index (χ2v) is 6.49. The van der Waals surface area contributed by atoms with Crippen molar-refractivity contribution in [1.29, 1.82) is 0 Å². The molecule has 2 aromatic rings. The molecule has 1 aliphatic carbocycles. The molecular weight excluding hydrogens is 262 g/mol. The van der Waals surface area contributed by atoms with E-state index in [-0.39, 0.29) is 5.91 Å². The Bertz CT molecular complexity index is 699. The fraction of sp³-hybridized carbons (Fsp3) is 0.389. The van der Waals surface area contributed by atoms with Crippen molar-refractivity contribution in [3.8, 4) is 0 Å². The van der Waals surface area contributed by atoms with E-state index in [0.29, 0.717) is 25.4 Å². The van der Waals surface area contributed by atoms with Crippen LogP contribution in [-0.2, 0) is 11.2 Å². The van der Waals surface area contributed by atoms with Crippen LogP contribution in [0.3, 0.4) is 0 Å². The standard InChI is InChI=1S/C18H19NO2/c20-17(19-11-18(21,12-19)16-7-8-16)10-13-5-6-14-3-1-2-4-15(14)9-13/h1-6,9,16,21H,7-8,10-12H2. The van der Waals surface area contributed by atoms with Gasteiger partial charge in [0.1, 0.15) is 5.60 Å². The first-order chi connectivity index (χ1) is 10.1. The first-order valence-electron chi connectivity index (χ1n) is 7.62. The number of amides is 1. The molecule has 0 radical (unpaired) electrons. The topological polar surface area (TPSA) is 40.5 Å². The van der Waals surface area contributed by atoms with E-state index in [1.54, 1.807) is 4.90 Å². The number of β-amino-alcohol motifs (C(OH)–C–C–N with tert-alkyl or cyclic N) is 1. The van der Waals surface area contributed by atoms with Crippen LogP contribution in [0.25, 0.3) is 10.8 Å². The fourth-order valence-electron chi connectivity index (χ4n) is 3.31. The molecule has 1 saturated heterocycles. The van der Waals surface area contributed by atoms with Gasteiger partial charge < -0.3 is 10.0 Å². The number of benzene rings is 2. The van der Waals surface area contributed by atoms with Crippen LogP contribution in [-0.4, -0.2) is 34.6 Å². The van der Waals surface area contributed by atoms with E-state index in [4.69, 9.17) is 0 Å². The third-order valence-corrected chi connectivity index (χ3v) is 4.79. The highest BCUT2D eigenvalue weighted by molar-refractivity contribution is 5.85. The largest absolute Gasteiger partial charge is 0.386 e. The Morgan fingerprint density at radius 3 is 2.57 bits per heavy atom. The molecule has 1 aliphatic heterocycles. The molecule has 3 heteroatoms. The molecule has 1 heterocycles. The van der Waals surface area contributed by atoms with Crippen LogP contribution < -0.4 is 0 Å². The van der Waals surface area contributed by atoms with Crippen LogP contribution in [0, 0.1) is 5.92 Å². The lowest BCUT2D eigenvalue weighted by molar-refractivity contribution is -0.158. The fourth-order valence-corrected chi connectivity index (χ4v) is 3.31. The molecule has 1 amide bonds. The summed E-state index contributed by atoms with van der Waals surface area (Å²) >= 11 is 0. The summed E-state index contributed by atoms with van der Waals surface area (Å²) in [6, 6.07) is 14.3. The zero-order valence-electron chi connectivity index (χ0n) is 12.0. The maximum Gasteiger partial charge on any atom is 0.227 e. The second-order valence-electron chi connectivity index (χ2n) is 6.49. The summed E-state index contributed by atoms with van der Waals surface area (Å²) in [5.41, 5.74) is 0.458. The van der Waals surface area contributed by atoms with Gasteiger partial charge in [-0.25, -0.2) is 0 Å². The number of nitrogens with zero attached hydrogens (tertiary/aromatic N) is 1. The molecule has 0 aromatic heterocycles. The van der Waals surface area contributed by atoms with Gasteiger partial charge in [0.15, 0.2) is 0 Å². The molecule has 1 N–H and O–H groups in total. The Kier molecular flexibility index (Phi) is 2.79. The number of likely N-dealkylation sites (tertiary alicyclic amines) is 1. The number of hydrogen-bond donors (Lipinski definition) is 1. The average Bonchev–Trinajstić information content (AvgIpc) is 3.28. The van der Waals surface area contributed by atoms with Gasteiger partial charge in [0.05, 0.1) is 19.5 Å². The molecule has 0 atom stereocenters. The average molecular weight is 281 g/mol. The minimum absolute atomic E-state index is 0.121. The van der Waals surface area contributed by atoms with Crippen molar-refractivity contribution in [1.82, 2.24) is 4.90 Å². The first kappa shape index (κ1) is 12.8. The lowest BCUT2D eigenvalue weighted by atomic mass is 9.88. The Balaban J connectivity index is 1.44.